The van der Waals surface area contributed by atoms with Crippen molar-refractivity contribution >= 4 is 11.8 Å². The zero-order valence-corrected chi connectivity index (χ0v) is 20.1. The van der Waals surface area contributed by atoms with Crippen molar-refractivity contribution in [2.45, 2.75) is 70.9 Å². The first kappa shape index (κ1) is 23.3. The third kappa shape index (κ3) is 5.07. The van der Waals surface area contributed by atoms with E-state index in [0.29, 0.717) is 36.6 Å². The minimum absolute atomic E-state index is 0.0198. The van der Waals surface area contributed by atoms with Crippen LogP contribution in [0.25, 0.3) is 0 Å². The van der Waals surface area contributed by atoms with E-state index in [-0.39, 0.29) is 24.0 Å². The zero-order valence-electron chi connectivity index (χ0n) is 20.1. The van der Waals surface area contributed by atoms with Crippen molar-refractivity contribution in [1.82, 2.24) is 19.6 Å². The van der Waals surface area contributed by atoms with E-state index in [0.717, 1.165) is 50.6 Å². The highest BCUT2D eigenvalue weighted by molar-refractivity contribution is 5.97. The number of benzene rings is 1. The van der Waals surface area contributed by atoms with Crippen molar-refractivity contribution in [3.05, 3.63) is 47.3 Å². The molecule has 1 aliphatic heterocycles. The number of hydrogen-bond acceptors (Lipinski definition) is 4. The second-order valence-electron chi connectivity index (χ2n) is 9.24. The minimum atomic E-state index is -0.141. The second-order valence-corrected chi connectivity index (χ2v) is 9.24. The Kier molecular flexibility index (Phi) is 7.36. The first-order chi connectivity index (χ1) is 16.0. The summed E-state index contributed by atoms with van der Waals surface area (Å²) in [7, 11) is 1.87. The van der Waals surface area contributed by atoms with Gasteiger partial charge >= 0.3 is 0 Å². The van der Waals surface area contributed by atoms with Gasteiger partial charge in [0.15, 0.2) is 5.69 Å². The van der Waals surface area contributed by atoms with Crippen molar-refractivity contribution < 1.29 is 14.3 Å². The van der Waals surface area contributed by atoms with Crippen LogP contribution in [-0.4, -0.2) is 63.2 Å². The van der Waals surface area contributed by atoms with Gasteiger partial charge in [0.2, 0.25) is 0 Å². The van der Waals surface area contributed by atoms with E-state index in [9.17, 15) is 9.59 Å². The molecule has 178 valence electrons. The van der Waals surface area contributed by atoms with Gasteiger partial charge in [0.25, 0.3) is 11.8 Å². The van der Waals surface area contributed by atoms with Crippen LogP contribution in [0.1, 0.15) is 78.4 Å². The molecule has 4 rings (SSSR count). The number of rotatable bonds is 2. The summed E-state index contributed by atoms with van der Waals surface area (Å²) < 4.78 is 8.31. The maximum atomic E-state index is 13.6. The third-order valence-corrected chi connectivity index (χ3v) is 7.05. The fourth-order valence-corrected chi connectivity index (χ4v) is 5.05. The van der Waals surface area contributed by atoms with E-state index < -0.39 is 0 Å². The van der Waals surface area contributed by atoms with Crippen LogP contribution >= 0.6 is 0 Å². The highest BCUT2D eigenvalue weighted by Gasteiger charge is 2.36. The summed E-state index contributed by atoms with van der Waals surface area (Å²) in [6.45, 7) is 6.04. The van der Waals surface area contributed by atoms with Gasteiger partial charge in [-0.1, -0.05) is 18.6 Å². The summed E-state index contributed by atoms with van der Waals surface area (Å²) in [5.74, 6) is 0.628. The average molecular weight is 453 g/mol. The molecule has 7 heteroatoms. The zero-order chi connectivity index (χ0) is 23.4. The molecular formula is C26H36N4O3. The molecule has 2 heterocycles. The van der Waals surface area contributed by atoms with Crippen LogP contribution in [0.2, 0.25) is 0 Å². The molecule has 0 N–H and O–H groups in total. The molecule has 7 nitrogen and oxygen atoms in total. The van der Waals surface area contributed by atoms with Crippen molar-refractivity contribution in [1.29, 1.82) is 0 Å². The van der Waals surface area contributed by atoms with Crippen LogP contribution in [0, 0.1) is 6.92 Å². The molecule has 1 aromatic carbocycles. The minimum Gasteiger partial charge on any atom is -0.487 e. The Morgan fingerprint density at radius 2 is 1.85 bits per heavy atom. The molecule has 0 saturated heterocycles. The number of para-hydroxylation sites is 1. The number of carbonyl (C=O) groups is 2. The molecule has 1 aromatic heterocycles. The van der Waals surface area contributed by atoms with Crippen LogP contribution in [0.4, 0.5) is 0 Å². The molecule has 0 bridgehead atoms. The van der Waals surface area contributed by atoms with Crippen molar-refractivity contribution in [3.8, 4) is 5.75 Å². The Hall–Kier alpha value is -2.83. The molecule has 0 spiro atoms. The number of carbonyl (C=O) groups excluding carboxylic acids is 2. The van der Waals surface area contributed by atoms with Crippen molar-refractivity contribution in [2.24, 2.45) is 7.05 Å². The number of ether oxygens (including phenoxy) is 1. The molecule has 1 aliphatic carbocycles. The monoisotopic (exact) mass is 452 g/mol. The summed E-state index contributed by atoms with van der Waals surface area (Å²) >= 11 is 0. The largest absolute Gasteiger partial charge is 0.487 e. The number of aryl methyl sites for hydroxylation is 2. The van der Waals surface area contributed by atoms with E-state index >= 15 is 0 Å². The number of fused-ring (bicyclic) bond motifs is 2. The lowest BCUT2D eigenvalue weighted by molar-refractivity contribution is 0.0268. The average Bonchev–Trinajstić information content (AvgIpc) is 3.17. The Morgan fingerprint density at radius 3 is 2.61 bits per heavy atom. The highest BCUT2D eigenvalue weighted by Crippen LogP contribution is 2.31. The van der Waals surface area contributed by atoms with E-state index in [4.69, 9.17) is 4.74 Å². The Balaban J connectivity index is 1.69. The number of nitrogens with zero attached hydrogens (tertiary/aromatic N) is 4. The Morgan fingerprint density at radius 1 is 1.09 bits per heavy atom. The molecule has 33 heavy (non-hydrogen) atoms. The number of amides is 2. The van der Waals surface area contributed by atoms with Crippen LogP contribution < -0.4 is 4.74 Å². The fraction of sp³-hybridized carbons (Fsp3) is 0.577. The lowest BCUT2D eigenvalue weighted by Gasteiger charge is -2.40. The maximum absolute atomic E-state index is 13.6. The Bertz CT molecular complexity index is 966. The summed E-state index contributed by atoms with van der Waals surface area (Å²) in [5, 5.41) is 4.47. The van der Waals surface area contributed by atoms with E-state index in [2.05, 4.69) is 5.10 Å². The highest BCUT2D eigenvalue weighted by atomic mass is 16.5. The quantitative estimate of drug-likeness (QED) is 0.685. The Labute approximate surface area is 196 Å². The van der Waals surface area contributed by atoms with E-state index in [1.807, 2.05) is 61.0 Å². The second kappa shape index (κ2) is 10.4. The molecule has 0 radical (unpaired) electrons. The molecule has 2 amide bonds. The van der Waals surface area contributed by atoms with E-state index in [1.165, 1.54) is 0 Å². The molecule has 1 saturated carbocycles. The van der Waals surface area contributed by atoms with Gasteiger partial charge in [-0.25, -0.2) is 0 Å². The van der Waals surface area contributed by atoms with Crippen molar-refractivity contribution in [3.63, 3.8) is 0 Å². The molecule has 0 unspecified atom stereocenters. The van der Waals surface area contributed by atoms with Gasteiger partial charge in [0.1, 0.15) is 11.9 Å². The summed E-state index contributed by atoms with van der Waals surface area (Å²) in [5.41, 5.74) is 2.07. The van der Waals surface area contributed by atoms with E-state index in [1.54, 1.807) is 4.68 Å². The van der Waals surface area contributed by atoms with Gasteiger partial charge in [0, 0.05) is 32.4 Å². The standard InChI is InChI=1S/C26H36N4O3/c1-4-29-16-10-5-11-17-30(26(32)21-18-19(2)28(3)27-21)22-13-7-9-15-24(22)33-23-14-8-6-12-20(23)25(29)31/h6,8,12,14,18,22,24H,4-5,7,9-11,13,15-17H2,1-3H3/t22-,24+/m1/s1. The van der Waals surface area contributed by atoms with Crippen LogP contribution in [0.15, 0.2) is 30.3 Å². The van der Waals surface area contributed by atoms with Gasteiger partial charge in [-0.2, -0.15) is 5.10 Å². The normalized spacial score (nSPS) is 22.3. The fourth-order valence-electron chi connectivity index (χ4n) is 5.05. The van der Waals surface area contributed by atoms with Gasteiger partial charge in [-0.15, -0.1) is 0 Å². The SMILES string of the molecule is CCN1CCCCCN(C(=O)c2cc(C)n(C)n2)[C@@H]2CCCC[C@@H]2Oc2ccccc2C1=O. The topological polar surface area (TPSA) is 67.7 Å². The molecule has 2 atom stereocenters. The van der Waals surface area contributed by atoms with Crippen LogP contribution in [-0.2, 0) is 7.05 Å². The molecular weight excluding hydrogens is 416 g/mol. The first-order valence-corrected chi connectivity index (χ1v) is 12.4. The third-order valence-electron chi connectivity index (χ3n) is 7.05. The summed E-state index contributed by atoms with van der Waals surface area (Å²) in [6.07, 6.45) is 6.55. The van der Waals surface area contributed by atoms with Gasteiger partial charge in [0.05, 0.1) is 11.6 Å². The first-order valence-electron chi connectivity index (χ1n) is 12.4. The predicted octanol–water partition coefficient (Wildman–Crippen LogP) is 4.21. The maximum Gasteiger partial charge on any atom is 0.274 e. The molecule has 2 aliphatic rings. The van der Waals surface area contributed by atoms with Crippen molar-refractivity contribution in [2.75, 3.05) is 19.6 Å². The van der Waals surface area contributed by atoms with Gasteiger partial charge in [-0.3, -0.25) is 14.3 Å². The summed E-state index contributed by atoms with van der Waals surface area (Å²) in [6, 6.07) is 9.40. The lowest BCUT2D eigenvalue weighted by atomic mass is 9.90. The molecule has 2 aromatic rings. The van der Waals surface area contributed by atoms with Gasteiger partial charge in [-0.05, 0) is 70.6 Å². The summed E-state index contributed by atoms with van der Waals surface area (Å²) in [4.78, 5) is 30.8. The predicted molar refractivity (Wildman–Crippen MR) is 128 cm³/mol. The molecule has 1 fully saturated rings. The van der Waals surface area contributed by atoms with Crippen LogP contribution in [0.5, 0.6) is 5.75 Å². The smallest absolute Gasteiger partial charge is 0.274 e. The lowest BCUT2D eigenvalue weighted by Crippen LogP contribution is -2.51. The van der Waals surface area contributed by atoms with Crippen LogP contribution in [0.3, 0.4) is 0 Å². The number of hydrogen-bond donors (Lipinski definition) is 0. The van der Waals surface area contributed by atoms with Gasteiger partial charge < -0.3 is 14.5 Å². The number of aromatic nitrogens is 2.